The largest absolute Gasteiger partial charge is 0.478 e. The van der Waals surface area contributed by atoms with Crippen LogP contribution < -0.4 is 4.74 Å². The molecule has 0 saturated carbocycles. The number of hydrogen-bond donors (Lipinski definition) is 1. The molecule has 0 fully saturated rings. The number of carboxylic acids is 1. The first-order chi connectivity index (χ1) is 8.56. The predicted molar refractivity (Wildman–Crippen MR) is 64.6 cm³/mol. The number of halogens is 1. The van der Waals surface area contributed by atoms with Gasteiger partial charge >= 0.3 is 5.97 Å². The van der Waals surface area contributed by atoms with Crippen LogP contribution in [0.5, 0.6) is 11.5 Å². The summed E-state index contributed by atoms with van der Waals surface area (Å²) in [7, 11) is 0. The first-order valence-electron chi connectivity index (χ1n) is 5.33. The number of benzene rings is 2. The Kier molecular flexibility index (Phi) is 3.28. The molecule has 2 aromatic carbocycles. The van der Waals surface area contributed by atoms with Crippen molar-refractivity contribution >= 4 is 5.97 Å². The molecule has 92 valence electrons. The number of carboxylic acid groups (broad SMARTS) is 1. The van der Waals surface area contributed by atoms with E-state index in [-0.39, 0.29) is 17.1 Å². The fourth-order valence-electron chi connectivity index (χ4n) is 1.52. The number of aryl methyl sites for hydroxylation is 1. The number of rotatable bonds is 3. The van der Waals surface area contributed by atoms with Gasteiger partial charge in [-0.2, -0.15) is 0 Å². The van der Waals surface area contributed by atoms with E-state index in [1.54, 1.807) is 12.1 Å². The van der Waals surface area contributed by atoms with Crippen molar-refractivity contribution in [2.75, 3.05) is 0 Å². The van der Waals surface area contributed by atoms with Crippen LogP contribution in [0.25, 0.3) is 0 Å². The van der Waals surface area contributed by atoms with Crippen LogP contribution in [0.2, 0.25) is 0 Å². The third kappa shape index (κ3) is 2.66. The molecular formula is C14H11FO3. The summed E-state index contributed by atoms with van der Waals surface area (Å²) in [4.78, 5) is 11.0. The Morgan fingerprint density at radius 3 is 2.44 bits per heavy atom. The topological polar surface area (TPSA) is 46.5 Å². The summed E-state index contributed by atoms with van der Waals surface area (Å²) in [5.41, 5.74) is 0.960. The molecule has 0 heterocycles. The van der Waals surface area contributed by atoms with Crippen molar-refractivity contribution in [3.63, 3.8) is 0 Å². The van der Waals surface area contributed by atoms with Gasteiger partial charge in [0.05, 0.1) is 0 Å². The average Bonchev–Trinajstić information content (AvgIpc) is 2.32. The van der Waals surface area contributed by atoms with Crippen LogP contribution in [-0.4, -0.2) is 11.1 Å². The molecule has 2 rings (SSSR count). The van der Waals surface area contributed by atoms with Crippen LogP contribution in [-0.2, 0) is 0 Å². The molecule has 1 N–H and O–H groups in total. The van der Waals surface area contributed by atoms with E-state index in [9.17, 15) is 9.18 Å². The fourth-order valence-corrected chi connectivity index (χ4v) is 1.52. The molecule has 0 radical (unpaired) electrons. The minimum atomic E-state index is -1.06. The fraction of sp³-hybridized carbons (Fsp3) is 0.0714. The van der Waals surface area contributed by atoms with Crippen molar-refractivity contribution in [2.45, 2.75) is 6.92 Å². The maximum Gasteiger partial charge on any atom is 0.339 e. The van der Waals surface area contributed by atoms with Gasteiger partial charge in [-0.15, -0.1) is 0 Å². The smallest absolute Gasteiger partial charge is 0.339 e. The minimum Gasteiger partial charge on any atom is -0.478 e. The Balaban J connectivity index is 2.35. The lowest BCUT2D eigenvalue weighted by atomic mass is 10.1. The second-order valence-electron chi connectivity index (χ2n) is 3.86. The van der Waals surface area contributed by atoms with E-state index in [2.05, 4.69) is 0 Å². The summed E-state index contributed by atoms with van der Waals surface area (Å²) in [6, 6.07) is 10.2. The lowest BCUT2D eigenvalue weighted by molar-refractivity contribution is 0.0694. The zero-order valence-electron chi connectivity index (χ0n) is 9.68. The number of aromatic carboxylic acids is 1. The highest BCUT2D eigenvalue weighted by atomic mass is 19.1. The molecule has 0 amide bonds. The Hall–Kier alpha value is -2.36. The summed E-state index contributed by atoms with van der Waals surface area (Å²) in [5, 5.41) is 9.04. The summed E-state index contributed by atoms with van der Waals surface area (Å²) in [6.45, 7) is 1.84. The second-order valence-corrected chi connectivity index (χ2v) is 3.86. The number of carbonyl (C=O) groups is 1. The van der Waals surface area contributed by atoms with E-state index in [1.165, 1.54) is 30.3 Å². The molecule has 0 spiro atoms. The molecule has 4 heteroatoms. The van der Waals surface area contributed by atoms with Crippen LogP contribution in [0.1, 0.15) is 15.9 Å². The van der Waals surface area contributed by atoms with E-state index >= 15 is 0 Å². The van der Waals surface area contributed by atoms with Gasteiger partial charge in [-0.25, -0.2) is 9.18 Å². The third-order valence-electron chi connectivity index (χ3n) is 2.41. The van der Waals surface area contributed by atoms with E-state index in [4.69, 9.17) is 9.84 Å². The van der Waals surface area contributed by atoms with Gasteiger partial charge in [0.2, 0.25) is 0 Å². The van der Waals surface area contributed by atoms with Crippen LogP contribution in [0.4, 0.5) is 4.39 Å². The predicted octanol–water partition coefficient (Wildman–Crippen LogP) is 3.62. The van der Waals surface area contributed by atoms with Crippen molar-refractivity contribution in [3.8, 4) is 11.5 Å². The highest BCUT2D eigenvalue weighted by molar-refractivity contribution is 5.91. The highest BCUT2D eigenvalue weighted by Gasteiger charge is 2.12. The van der Waals surface area contributed by atoms with Gasteiger partial charge in [-0.05, 0) is 48.9 Å². The van der Waals surface area contributed by atoms with Crippen molar-refractivity contribution in [1.82, 2.24) is 0 Å². The van der Waals surface area contributed by atoms with Gasteiger partial charge in [-0.3, -0.25) is 0 Å². The van der Waals surface area contributed by atoms with Gasteiger partial charge in [0, 0.05) is 0 Å². The molecule has 0 saturated heterocycles. The Bertz CT molecular complexity index is 576. The normalized spacial score (nSPS) is 10.1. The molecule has 3 nitrogen and oxygen atoms in total. The summed E-state index contributed by atoms with van der Waals surface area (Å²) >= 11 is 0. The van der Waals surface area contributed by atoms with E-state index in [0.717, 1.165) is 5.56 Å². The standard InChI is InChI=1S/C14H11FO3/c1-9-2-7-12(14(16)17)13(8-9)18-11-5-3-10(15)4-6-11/h2-8H,1H3,(H,16,17). The lowest BCUT2D eigenvalue weighted by Gasteiger charge is -2.09. The van der Waals surface area contributed by atoms with Crippen molar-refractivity contribution in [3.05, 3.63) is 59.4 Å². The molecule has 18 heavy (non-hydrogen) atoms. The third-order valence-corrected chi connectivity index (χ3v) is 2.41. The van der Waals surface area contributed by atoms with Crippen molar-refractivity contribution in [2.24, 2.45) is 0 Å². The molecule has 0 aromatic heterocycles. The zero-order valence-corrected chi connectivity index (χ0v) is 9.68. The van der Waals surface area contributed by atoms with Crippen molar-refractivity contribution < 1.29 is 19.0 Å². The molecule has 0 aliphatic heterocycles. The number of hydrogen-bond acceptors (Lipinski definition) is 2. The molecule has 2 aromatic rings. The quantitative estimate of drug-likeness (QED) is 0.899. The Morgan fingerprint density at radius 1 is 1.17 bits per heavy atom. The maximum atomic E-state index is 12.7. The first-order valence-corrected chi connectivity index (χ1v) is 5.33. The molecule has 0 aliphatic carbocycles. The van der Waals surface area contributed by atoms with Crippen LogP contribution in [0.15, 0.2) is 42.5 Å². The van der Waals surface area contributed by atoms with E-state index < -0.39 is 5.97 Å². The van der Waals surface area contributed by atoms with E-state index in [0.29, 0.717) is 5.75 Å². The second kappa shape index (κ2) is 4.87. The summed E-state index contributed by atoms with van der Waals surface area (Å²) in [5.74, 6) is -0.796. The van der Waals surface area contributed by atoms with Crippen molar-refractivity contribution in [1.29, 1.82) is 0 Å². The molecule has 0 aliphatic rings. The maximum absolute atomic E-state index is 12.7. The SMILES string of the molecule is Cc1ccc(C(=O)O)c(Oc2ccc(F)cc2)c1. The summed E-state index contributed by atoms with van der Waals surface area (Å²) < 4.78 is 18.2. The molecule has 0 unspecified atom stereocenters. The van der Waals surface area contributed by atoms with Crippen LogP contribution >= 0.6 is 0 Å². The van der Waals surface area contributed by atoms with Gasteiger partial charge in [0.1, 0.15) is 22.9 Å². The Morgan fingerprint density at radius 2 is 1.83 bits per heavy atom. The van der Waals surface area contributed by atoms with Gasteiger partial charge in [0.15, 0.2) is 0 Å². The van der Waals surface area contributed by atoms with Gasteiger partial charge < -0.3 is 9.84 Å². The van der Waals surface area contributed by atoms with Gasteiger partial charge in [0.25, 0.3) is 0 Å². The lowest BCUT2D eigenvalue weighted by Crippen LogP contribution is -2.00. The molecular weight excluding hydrogens is 235 g/mol. The summed E-state index contributed by atoms with van der Waals surface area (Å²) in [6.07, 6.45) is 0. The Labute approximate surface area is 103 Å². The van der Waals surface area contributed by atoms with Crippen LogP contribution in [0.3, 0.4) is 0 Å². The first kappa shape index (κ1) is 12.1. The average molecular weight is 246 g/mol. The van der Waals surface area contributed by atoms with E-state index in [1.807, 2.05) is 6.92 Å². The van der Waals surface area contributed by atoms with Crippen LogP contribution in [0, 0.1) is 12.7 Å². The minimum absolute atomic E-state index is 0.0740. The monoisotopic (exact) mass is 246 g/mol. The molecule has 0 bridgehead atoms. The number of ether oxygens (including phenoxy) is 1. The molecule has 0 atom stereocenters. The zero-order chi connectivity index (χ0) is 13.1. The van der Waals surface area contributed by atoms with Gasteiger partial charge in [-0.1, -0.05) is 6.07 Å². The highest BCUT2D eigenvalue weighted by Crippen LogP contribution is 2.26.